The molecule has 1 N–H and O–H groups in total. The largest absolute Gasteiger partial charge is 0.409 e. The van der Waals surface area contributed by atoms with Crippen molar-refractivity contribution >= 4 is 16.7 Å². The van der Waals surface area contributed by atoms with Crippen molar-refractivity contribution in [3.05, 3.63) is 47.5 Å². The van der Waals surface area contributed by atoms with Gasteiger partial charge in [-0.15, -0.1) is 0 Å². The molecule has 3 rings (SSSR count). The smallest absolute Gasteiger partial charge is 0.288 e. The fraction of sp³-hybridized carbons (Fsp3) is 0.476. The molecule has 1 amide bonds. The van der Waals surface area contributed by atoms with Gasteiger partial charge < -0.3 is 0 Å². The van der Waals surface area contributed by atoms with Crippen LogP contribution >= 0.6 is 0 Å². The van der Waals surface area contributed by atoms with E-state index in [4.69, 9.17) is 0 Å². The number of hydrogen-bond acceptors (Lipinski definition) is 2. The molecule has 1 heterocycles. The summed E-state index contributed by atoms with van der Waals surface area (Å²) in [7, 11) is 0. The summed E-state index contributed by atoms with van der Waals surface area (Å²) >= 11 is 0. The van der Waals surface area contributed by atoms with E-state index in [1.165, 1.54) is 12.5 Å². The van der Waals surface area contributed by atoms with Crippen LogP contribution in [0.5, 0.6) is 0 Å². The van der Waals surface area contributed by atoms with E-state index in [9.17, 15) is 18.0 Å². The molecule has 0 aromatic heterocycles. The third-order valence-electron chi connectivity index (χ3n) is 5.08. The minimum Gasteiger partial charge on any atom is -0.288 e. The lowest BCUT2D eigenvalue weighted by Crippen LogP contribution is -2.43. The number of carbonyl (C=O) groups is 1. The van der Waals surface area contributed by atoms with Gasteiger partial charge in [0.15, 0.2) is 0 Å². The molecule has 1 atom stereocenters. The molecular weight excluding hydrogens is 353 g/mol. The molecule has 27 heavy (non-hydrogen) atoms. The number of amides is 1. The molecule has 0 saturated carbocycles. The molecule has 0 bridgehead atoms. The van der Waals surface area contributed by atoms with Crippen molar-refractivity contribution in [2.75, 3.05) is 6.54 Å². The van der Waals surface area contributed by atoms with Crippen molar-refractivity contribution in [3.8, 4) is 0 Å². The van der Waals surface area contributed by atoms with Crippen LogP contribution < -0.4 is 5.43 Å². The molecule has 3 nitrogen and oxygen atoms in total. The minimum absolute atomic E-state index is 0.0553. The first-order chi connectivity index (χ1) is 12.9. The number of alkyl halides is 3. The van der Waals surface area contributed by atoms with Gasteiger partial charge >= 0.3 is 6.18 Å². The number of benzene rings is 2. The second kappa shape index (κ2) is 8.30. The maximum atomic E-state index is 13.8. The highest BCUT2D eigenvalue weighted by Gasteiger charge is 2.46. The molecule has 0 radical (unpaired) electrons. The van der Waals surface area contributed by atoms with Crippen LogP contribution in [-0.2, 0) is 11.2 Å². The fourth-order valence-corrected chi connectivity index (χ4v) is 3.72. The number of nitrogens with zero attached hydrogens (tertiary/aromatic N) is 1. The minimum atomic E-state index is -4.47. The number of unbranched alkanes of at least 4 members (excludes halogenated alkanes) is 3. The Kier molecular flexibility index (Phi) is 6.05. The van der Waals surface area contributed by atoms with Crippen molar-refractivity contribution in [2.24, 2.45) is 0 Å². The predicted octanol–water partition coefficient (Wildman–Crippen LogP) is 5.30. The summed E-state index contributed by atoms with van der Waals surface area (Å²) in [5, 5.41) is 2.82. The van der Waals surface area contributed by atoms with Crippen molar-refractivity contribution in [3.63, 3.8) is 0 Å². The second-order valence-electron chi connectivity index (χ2n) is 7.13. The van der Waals surface area contributed by atoms with Gasteiger partial charge in [-0.05, 0) is 40.8 Å². The number of halogens is 3. The molecule has 2 aromatic carbocycles. The number of aryl methyl sites for hydroxylation is 1. The summed E-state index contributed by atoms with van der Waals surface area (Å²) in [6.07, 6.45) is 0.942. The van der Waals surface area contributed by atoms with Crippen molar-refractivity contribution in [2.45, 2.75) is 57.7 Å². The van der Waals surface area contributed by atoms with Crippen LogP contribution in [-0.4, -0.2) is 23.6 Å². The van der Waals surface area contributed by atoms with E-state index in [1.807, 2.05) is 18.2 Å². The normalized spacial score (nSPS) is 16.7. The Bertz CT molecular complexity index is 804. The maximum absolute atomic E-state index is 13.8. The fourth-order valence-electron chi connectivity index (χ4n) is 3.72. The number of hydrogen-bond donors (Lipinski definition) is 1. The molecule has 0 spiro atoms. The standard InChI is InChI=1S/C21H25F3N2O/c1-2-3-4-5-7-15-8-6-9-16-10-11-17(14-18(15)16)20(21(22,23)24)26-13-12-19(27)25-26/h6,8-11,14,20H,2-5,7,12-13H2,1H3,(H,25,27). The lowest BCUT2D eigenvalue weighted by molar-refractivity contribution is -0.191. The topological polar surface area (TPSA) is 32.3 Å². The molecule has 1 fully saturated rings. The highest BCUT2D eigenvalue weighted by Crippen LogP contribution is 2.39. The van der Waals surface area contributed by atoms with Gasteiger partial charge in [-0.1, -0.05) is 56.5 Å². The molecule has 1 saturated heterocycles. The van der Waals surface area contributed by atoms with E-state index in [2.05, 4.69) is 12.3 Å². The average Bonchev–Trinajstić information content (AvgIpc) is 3.03. The van der Waals surface area contributed by atoms with E-state index in [0.29, 0.717) is 0 Å². The number of fused-ring (bicyclic) bond motifs is 1. The van der Waals surface area contributed by atoms with Gasteiger partial charge in [0.1, 0.15) is 6.04 Å². The number of rotatable bonds is 7. The molecule has 1 aliphatic heterocycles. The zero-order valence-electron chi connectivity index (χ0n) is 15.5. The Labute approximate surface area is 157 Å². The van der Waals surface area contributed by atoms with Crippen LogP contribution in [0, 0.1) is 0 Å². The number of hydrazine groups is 1. The van der Waals surface area contributed by atoms with Gasteiger partial charge in [-0.25, -0.2) is 5.01 Å². The summed E-state index contributed by atoms with van der Waals surface area (Å²) in [5.74, 6) is -0.373. The molecular formula is C21H25F3N2O. The van der Waals surface area contributed by atoms with Crippen LogP contribution in [0.1, 0.15) is 56.2 Å². The van der Waals surface area contributed by atoms with E-state index < -0.39 is 12.2 Å². The third kappa shape index (κ3) is 4.61. The van der Waals surface area contributed by atoms with E-state index in [1.54, 1.807) is 12.1 Å². The van der Waals surface area contributed by atoms with Crippen LogP contribution in [0.15, 0.2) is 36.4 Å². The first-order valence-electron chi connectivity index (χ1n) is 9.54. The second-order valence-corrected chi connectivity index (χ2v) is 7.13. The van der Waals surface area contributed by atoms with Crippen molar-refractivity contribution in [1.82, 2.24) is 10.4 Å². The van der Waals surface area contributed by atoms with Crippen LogP contribution in [0.2, 0.25) is 0 Å². The van der Waals surface area contributed by atoms with Gasteiger partial charge in [0.05, 0.1) is 0 Å². The first-order valence-corrected chi connectivity index (χ1v) is 9.54. The molecule has 1 unspecified atom stereocenters. The Morgan fingerprint density at radius 2 is 1.96 bits per heavy atom. The molecule has 0 aliphatic carbocycles. The van der Waals surface area contributed by atoms with Crippen LogP contribution in [0.4, 0.5) is 13.2 Å². The van der Waals surface area contributed by atoms with Crippen LogP contribution in [0.3, 0.4) is 0 Å². The molecule has 146 valence electrons. The van der Waals surface area contributed by atoms with Gasteiger partial charge in [0.25, 0.3) is 0 Å². The van der Waals surface area contributed by atoms with Gasteiger partial charge in [-0.3, -0.25) is 10.2 Å². The van der Waals surface area contributed by atoms with Gasteiger partial charge in [0.2, 0.25) is 5.91 Å². The molecule has 1 aliphatic rings. The summed E-state index contributed by atoms with van der Waals surface area (Å²) in [6, 6.07) is 8.96. The highest BCUT2D eigenvalue weighted by molar-refractivity contribution is 5.86. The summed E-state index contributed by atoms with van der Waals surface area (Å²) in [5.41, 5.74) is 3.59. The lowest BCUT2D eigenvalue weighted by atomic mass is 9.95. The average molecular weight is 378 g/mol. The van der Waals surface area contributed by atoms with Gasteiger partial charge in [-0.2, -0.15) is 13.2 Å². The Morgan fingerprint density at radius 3 is 2.63 bits per heavy atom. The predicted molar refractivity (Wildman–Crippen MR) is 100 cm³/mol. The maximum Gasteiger partial charge on any atom is 0.409 e. The molecule has 2 aromatic rings. The van der Waals surface area contributed by atoms with E-state index >= 15 is 0 Å². The zero-order valence-corrected chi connectivity index (χ0v) is 15.5. The third-order valence-corrected chi connectivity index (χ3v) is 5.08. The Balaban J connectivity index is 1.94. The molecule has 6 heteroatoms. The van der Waals surface area contributed by atoms with E-state index in [0.717, 1.165) is 47.0 Å². The Morgan fingerprint density at radius 1 is 1.15 bits per heavy atom. The van der Waals surface area contributed by atoms with Crippen molar-refractivity contribution in [1.29, 1.82) is 0 Å². The summed E-state index contributed by atoms with van der Waals surface area (Å²) in [6.45, 7) is 2.21. The Hall–Kier alpha value is -2.08. The number of carbonyl (C=O) groups excluding carboxylic acids is 1. The monoisotopic (exact) mass is 378 g/mol. The summed E-state index contributed by atoms with van der Waals surface area (Å²) < 4.78 is 41.3. The van der Waals surface area contributed by atoms with E-state index in [-0.39, 0.29) is 24.4 Å². The highest BCUT2D eigenvalue weighted by atomic mass is 19.4. The zero-order chi connectivity index (χ0) is 19.4. The quantitative estimate of drug-likeness (QED) is 0.663. The van der Waals surface area contributed by atoms with Gasteiger partial charge in [0, 0.05) is 13.0 Å². The first kappa shape index (κ1) is 19.7. The SMILES string of the molecule is CCCCCCc1cccc2ccc(C(N3CCC(=O)N3)C(F)(F)F)cc12. The van der Waals surface area contributed by atoms with Crippen LogP contribution in [0.25, 0.3) is 10.8 Å². The summed E-state index contributed by atoms with van der Waals surface area (Å²) in [4.78, 5) is 11.4. The number of nitrogens with one attached hydrogen (secondary N) is 1. The lowest BCUT2D eigenvalue weighted by Gasteiger charge is -2.29. The van der Waals surface area contributed by atoms with Crippen molar-refractivity contribution < 1.29 is 18.0 Å².